The standard InChI is InChI=1S/C13H16ClN3O/c1-3-10-12(15)13(18)17(16(10)4-2)11-8-6-5-7-9(11)14/h5-8H,3-4,15H2,1-2H3. The molecule has 1 heterocycles. The number of hydrogen-bond acceptors (Lipinski definition) is 2. The Morgan fingerprint density at radius 2 is 1.94 bits per heavy atom. The van der Waals surface area contributed by atoms with Crippen molar-refractivity contribution in [1.29, 1.82) is 0 Å². The van der Waals surface area contributed by atoms with Gasteiger partial charge in [-0.15, -0.1) is 0 Å². The molecule has 0 aliphatic heterocycles. The third-order valence-corrected chi connectivity index (χ3v) is 3.32. The summed E-state index contributed by atoms with van der Waals surface area (Å²) in [5.74, 6) is 0. The minimum absolute atomic E-state index is 0.207. The highest BCUT2D eigenvalue weighted by molar-refractivity contribution is 6.32. The second-order valence-corrected chi connectivity index (χ2v) is 4.41. The van der Waals surface area contributed by atoms with Gasteiger partial charge in [-0.3, -0.25) is 9.48 Å². The molecule has 0 radical (unpaired) electrons. The topological polar surface area (TPSA) is 53.0 Å². The first-order valence-corrected chi connectivity index (χ1v) is 6.34. The molecule has 2 aromatic rings. The van der Waals surface area contributed by atoms with Crippen molar-refractivity contribution in [1.82, 2.24) is 9.36 Å². The Bertz CT molecular complexity index is 628. The molecule has 0 spiro atoms. The molecule has 0 bridgehead atoms. The van der Waals surface area contributed by atoms with Gasteiger partial charge in [0, 0.05) is 6.54 Å². The number of nitrogens with two attached hydrogens (primary N) is 1. The minimum atomic E-state index is -0.207. The van der Waals surface area contributed by atoms with Crippen molar-refractivity contribution in [3.05, 3.63) is 45.3 Å². The molecule has 0 saturated heterocycles. The van der Waals surface area contributed by atoms with Crippen molar-refractivity contribution in [2.75, 3.05) is 5.73 Å². The van der Waals surface area contributed by atoms with Crippen LogP contribution in [0.15, 0.2) is 29.1 Å². The van der Waals surface area contributed by atoms with Crippen LogP contribution in [0, 0.1) is 0 Å². The highest BCUT2D eigenvalue weighted by Crippen LogP contribution is 2.21. The summed E-state index contributed by atoms with van der Waals surface area (Å²) in [7, 11) is 0. The Kier molecular flexibility index (Phi) is 3.48. The molecular weight excluding hydrogens is 250 g/mol. The second-order valence-electron chi connectivity index (χ2n) is 4.00. The zero-order valence-corrected chi connectivity index (χ0v) is 11.2. The van der Waals surface area contributed by atoms with E-state index in [0.717, 1.165) is 5.69 Å². The van der Waals surface area contributed by atoms with E-state index in [-0.39, 0.29) is 5.56 Å². The lowest BCUT2D eigenvalue weighted by Gasteiger charge is -2.13. The quantitative estimate of drug-likeness (QED) is 0.927. The second kappa shape index (κ2) is 4.90. The number of nitrogen functional groups attached to an aromatic ring is 1. The Morgan fingerprint density at radius 1 is 1.28 bits per heavy atom. The number of rotatable bonds is 3. The first-order valence-electron chi connectivity index (χ1n) is 5.96. The summed E-state index contributed by atoms with van der Waals surface area (Å²) in [6.07, 6.45) is 0.715. The Labute approximate surface area is 111 Å². The predicted octanol–water partition coefficient (Wildman–Crippen LogP) is 2.46. The van der Waals surface area contributed by atoms with Gasteiger partial charge in [-0.1, -0.05) is 30.7 Å². The maximum atomic E-state index is 12.2. The van der Waals surface area contributed by atoms with Crippen LogP contribution in [-0.2, 0) is 13.0 Å². The largest absolute Gasteiger partial charge is 0.393 e. The van der Waals surface area contributed by atoms with Gasteiger partial charge in [0.25, 0.3) is 5.56 Å². The van der Waals surface area contributed by atoms with Gasteiger partial charge in [0.2, 0.25) is 0 Å². The highest BCUT2D eigenvalue weighted by Gasteiger charge is 2.17. The van der Waals surface area contributed by atoms with Gasteiger partial charge in [-0.2, -0.15) is 0 Å². The summed E-state index contributed by atoms with van der Waals surface area (Å²) in [4.78, 5) is 12.2. The Morgan fingerprint density at radius 3 is 2.50 bits per heavy atom. The molecule has 0 unspecified atom stereocenters. The normalized spacial score (nSPS) is 10.8. The summed E-state index contributed by atoms with van der Waals surface area (Å²) in [5, 5.41) is 0.537. The summed E-state index contributed by atoms with van der Waals surface area (Å²) in [6, 6.07) is 7.26. The molecule has 96 valence electrons. The first-order chi connectivity index (χ1) is 8.61. The molecule has 18 heavy (non-hydrogen) atoms. The number of hydrogen-bond donors (Lipinski definition) is 1. The molecule has 2 rings (SSSR count). The molecule has 2 N–H and O–H groups in total. The van der Waals surface area contributed by atoms with Crippen LogP contribution < -0.4 is 11.3 Å². The fourth-order valence-electron chi connectivity index (χ4n) is 2.18. The summed E-state index contributed by atoms with van der Waals surface area (Å²) < 4.78 is 3.43. The number of aromatic nitrogens is 2. The molecule has 0 atom stereocenters. The summed E-state index contributed by atoms with van der Waals surface area (Å²) in [6.45, 7) is 4.63. The van der Waals surface area contributed by atoms with E-state index in [9.17, 15) is 4.79 Å². The molecule has 1 aromatic carbocycles. The monoisotopic (exact) mass is 265 g/mol. The van der Waals surface area contributed by atoms with Crippen LogP contribution in [0.4, 0.5) is 5.69 Å². The summed E-state index contributed by atoms with van der Waals surface area (Å²) >= 11 is 6.15. The molecule has 5 heteroatoms. The third kappa shape index (κ3) is 1.82. The van der Waals surface area contributed by atoms with Crippen LogP contribution >= 0.6 is 11.6 Å². The van der Waals surface area contributed by atoms with Gasteiger partial charge >= 0.3 is 0 Å². The SMILES string of the molecule is CCc1c(N)c(=O)n(-c2ccccc2Cl)n1CC. The van der Waals surface area contributed by atoms with E-state index in [2.05, 4.69) is 0 Å². The van der Waals surface area contributed by atoms with Gasteiger partial charge < -0.3 is 5.73 Å². The van der Waals surface area contributed by atoms with Crippen LogP contribution in [0.3, 0.4) is 0 Å². The zero-order chi connectivity index (χ0) is 13.3. The van der Waals surface area contributed by atoms with E-state index in [1.165, 1.54) is 0 Å². The van der Waals surface area contributed by atoms with Crippen molar-refractivity contribution in [3.63, 3.8) is 0 Å². The molecule has 1 aromatic heterocycles. The fourth-order valence-corrected chi connectivity index (χ4v) is 2.39. The average molecular weight is 266 g/mol. The van der Waals surface area contributed by atoms with Crippen molar-refractivity contribution in [3.8, 4) is 5.69 Å². The number of para-hydroxylation sites is 1. The van der Waals surface area contributed by atoms with Crippen LogP contribution in [0.5, 0.6) is 0 Å². The maximum absolute atomic E-state index is 12.2. The third-order valence-electron chi connectivity index (χ3n) is 3.00. The molecule has 0 amide bonds. The van der Waals surface area contributed by atoms with Crippen LogP contribution in [0.1, 0.15) is 19.5 Å². The number of halogens is 1. The van der Waals surface area contributed by atoms with E-state index in [4.69, 9.17) is 17.3 Å². The zero-order valence-electron chi connectivity index (χ0n) is 10.5. The lowest BCUT2D eigenvalue weighted by Crippen LogP contribution is -2.22. The highest BCUT2D eigenvalue weighted by atomic mass is 35.5. The van der Waals surface area contributed by atoms with E-state index >= 15 is 0 Å². The van der Waals surface area contributed by atoms with Crippen molar-refractivity contribution in [2.24, 2.45) is 0 Å². The van der Waals surface area contributed by atoms with Crippen molar-refractivity contribution in [2.45, 2.75) is 26.8 Å². The van der Waals surface area contributed by atoms with Crippen molar-refractivity contribution >= 4 is 17.3 Å². The minimum Gasteiger partial charge on any atom is -0.393 e. The van der Waals surface area contributed by atoms with E-state index in [1.54, 1.807) is 10.7 Å². The molecule has 0 fully saturated rings. The fraction of sp³-hybridized carbons (Fsp3) is 0.308. The molecule has 0 saturated carbocycles. The predicted molar refractivity (Wildman–Crippen MR) is 74.5 cm³/mol. The maximum Gasteiger partial charge on any atom is 0.294 e. The lowest BCUT2D eigenvalue weighted by atomic mass is 10.3. The van der Waals surface area contributed by atoms with Crippen LogP contribution in [0.25, 0.3) is 5.69 Å². The van der Waals surface area contributed by atoms with E-state index in [1.807, 2.05) is 36.7 Å². The van der Waals surface area contributed by atoms with Gasteiger partial charge in [-0.25, -0.2) is 4.68 Å². The Balaban J connectivity index is 2.80. The van der Waals surface area contributed by atoms with Gasteiger partial charge in [0.1, 0.15) is 5.69 Å². The van der Waals surface area contributed by atoms with Crippen molar-refractivity contribution < 1.29 is 0 Å². The molecule has 4 nitrogen and oxygen atoms in total. The van der Waals surface area contributed by atoms with Crippen LogP contribution in [0.2, 0.25) is 5.02 Å². The smallest absolute Gasteiger partial charge is 0.294 e. The first kappa shape index (κ1) is 12.8. The number of benzene rings is 1. The number of nitrogens with zero attached hydrogens (tertiary/aromatic N) is 2. The van der Waals surface area contributed by atoms with Crippen LogP contribution in [-0.4, -0.2) is 9.36 Å². The molecular formula is C13H16ClN3O. The Hall–Kier alpha value is -1.68. The molecule has 0 aliphatic carbocycles. The van der Waals surface area contributed by atoms with E-state index < -0.39 is 0 Å². The van der Waals surface area contributed by atoms with Gasteiger partial charge in [0.15, 0.2) is 0 Å². The van der Waals surface area contributed by atoms with E-state index in [0.29, 0.717) is 29.4 Å². The number of anilines is 1. The van der Waals surface area contributed by atoms with Gasteiger partial charge in [-0.05, 0) is 25.5 Å². The summed E-state index contributed by atoms with van der Waals surface area (Å²) in [5.41, 5.74) is 7.49. The van der Waals surface area contributed by atoms with Gasteiger partial charge in [0.05, 0.1) is 16.4 Å². The average Bonchev–Trinajstić information content (AvgIpc) is 2.62. The lowest BCUT2D eigenvalue weighted by molar-refractivity contribution is 0.551. The molecule has 0 aliphatic rings.